The molecular formula is C22H27N5O4S2. The molecule has 0 aliphatic heterocycles. The van der Waals surface area contributed by atoms with Crippen LogP contribution >= 0.6 is 23.1 Å². The fourth-order valence-corrected chi connectivity index (χ4v) is 5.73. The van der Waals surface area contributed by atoms with Crippen LogP contribution in [0.2, 0.25) is 0 Å². The molecule has 2 N–H and O–H groups in total. The molecule has 0 radical (unpaired) electrons. The molecule has 0 saturated carbocycles. The quantitative estimate of drug-likeness (QED) is 0.396. The number of Topliss-reactive ketones (excluding diaryl/α,β-unsaturated/α-hetero) is 1. The third-order valence-electron chi connectivity index (χ3n) is 5.68. The van der Waals surface area contributed by atoms with Gasteiger partial charge >= 0.3 is 5.69 Å². The van der Waals surface area contributed by atoms with E-state index in [0.717, 1.165) is 34.0 Å². The summed E-state index contributed by atoms with van der Waals surface area (Å²) in [4.78, 5) is 40.2. The Balaban J connectivity index is 1.52. The Morgan fingerprint density at radius 2 is 2.12 bits per heavy atom. The van der Waals surface area contributed by atoms with Crippen molar-refractivity contribution in [3.05, 3.63) is 42.9 Å². The highest BCUT2D eigenvalue weighted by Gasteiger charge is 2.24. The number of anilines is 1. The minimum atomic E-state index is -0.701. The molecule has 0 saturated heterocycles. The van der Waals surface area contributed by atoms with E-state index in [1.165, 1.54) is 28.5 Å². The summed E-state index contributed by atoms with van der Waals surface area (Å²) in [5.74, 6) is 0.512. The van der Waals surface area contributed by atoms with Crippen LogP contribution in [0.25, 0.3) is 10.8 Å². The van der Waals surface area contributed by atoms with Gasteiger partial charge in [0, 0.05) is 18.5 Å². The molecule has 9 nitrogen and oxygen atoms in total. The predicted octanol–water partition coefficient (Wildman–Crippen LogP) is 3.00. The molecule has 3 aromatic heterocycles. The number of ketones is 1. The number of carbonyl (C=O) groups is 1. The summed E-state index contributed by atoms with van der Waals surface area (Å²) in [6.07, 6.45) is 3.32. The number of aromatic nitrogens is 4. The van der Waals surface area contributed by atoms with Crippen molar-refractivity contribution in [2.24, 2.45) is 18.9 Å². The zero-order valence-corrected chi connectivity index (χ0v) is 20.7. The van der Waals surface area contributed by atoms with Gasteiger partial charge in [0.1, 0.15) is 11.4 Å². The number of carbonyl (C=O) groups excluding carboxylic acids is 1. The van der Waals surface area contributed by atoms with Crippen LogP contribution < -0.4 is 17.0 Å². The summed E-state index contributed by atoms with van der Waals surface area (Å²) in [6, 6.07) is 2.12. The van der Waals surface area contributed by atoms with E-state index < -0.39 is 17.0 Å². The van der Waals surface area contributed by atoms with Crippen molar-refractivity contribution in [1.29, 1.82) is 0 Å². The molecule has 1 aliphatic rings. The zero-order chi connectivity index (χ0) is 23.9. The molecule has 11 heteroatoms. The summed E-state index contributed by atoms with van der Waals surface area (Å²) in [5, 5.41) is 8.42. The van der Waals surface area contributed by atoms with Gasteiger partial charge in [0.2, 0.25) is 0 Å². The third kappa shape index (κ3) is 4.70. The first-order chi connectivity index (χ1) is 15.7. The number of nitrogens with two attached hydrogens (primary N) is 1. The SMILES string of the molecule is CC(C)Cn1c(N)c(C(=O)CSc2nnc(-c3cc4c(s3)CC[C@H](C)C4)o2)c(=O)n(C)c1=O. The van der Waals surface area contributed by atoms with Crippen LogP contribution in [0.3, 0.4) is 0 Å². The van der Waals surface area contributed by atoms with Gasteiger partial charge < -0.3 is 10.2 Å². The Bertz CT molecular complexity index is 1320. The lowest BCUT2D eigenvalue weighted by atomic mass is 9.90. The van der Waals surface area contributed by atoms with Gasteiger partial charge in [0.25, 0.3) is 16.7 Å². The highest BCUT2D eigenvalue weighted by molar-refractivity contribution is 7.99. The average molecular weight is 490 g/mol. The minimum absolute atomic E-state index is 0.105. The number of aryl methyl sites for hydroxylation is 1. The van der Waals surface area contributed by atoms with Crippen LogP contribution in [0, 0.1) is 11.8 Å². The van der Waals surface area contributed by atoms with Gasteiger partial charge in [-0.2, -0.15) is 0 Å². The molecule has 0 aromatic carbocycles. The predicted molar refractivity (Wildman–Crippen MR) is 129 cm³/mol. The number of thiophene rings is 1. The summed E-state index contributed by atoms with van der Waals surface area (Å²) < 4.78 is 7.96. The van der Waals surface area contributed by atoms with Crippen molar-refractivity contribution in [3.63, 3.8) is 0 Å². The Labute approximate surface area is 199 Å². The highest BCUT2D eigenvalue weighted by Crippen LogP contribution is 2.37. The zero-order valence-electron chi connectivity index (χ0n) is 19.1. The normalized spacial score (nSPS) is 15.7. The molecular weight excluding hydrogens is 462 g/mol. The molecule has 0 bridgehead atoms. The highest BCUT2D eigenvalue weighted by atomic mass is 32.2. The number of nitrogen functional groups attached to an aromatic ring is 1. The molecule has 33 heavy (non-hydrogen) atoms. The van der Waals surface area contributed by atoms with Crippen LogP contribution in [0.15, 0.2) is 25.3 Å². The third-order valence-corrected chi connectivity index (χ3v) is 7.73. The van der Waals surface area contributed by atoms with Crippen molar-refractivity contribution < 1.29 is 9.21 Å². The molecule has 0 fully saturated rings. The van der Waals surface area contributed by atoms with E-state index in [-0.39, 0.29) is 28.3 Å². The van der Waals surface area contributed by atoms with Crippen molar-refractivity contribution in [3.8, 4) is 10.8 Å². The lowest BCUT2D eigenvalue weighted by Gasteiger charge is -2.16. The second-order valence-corrected chi connectivity index (χ2v) is 11.0. The van der Waals surface area contributed by atoms with Crippen molar-refractivity contribution in [2.75, 3.05) is 11.5 Å². The van der Waals surface area contributed by atoms with E-state index in [2.05, 4.69) is 23.2 Å². The molecule has 3 heterocycles. The van der Waals surface area contributed by atoms with E-state index in [4.69, 9.17) is 10.2 Å². The van der Waals surface area contributed by atoms with Crippen LogP contribution in [0.1, 0.15) is 48.0 Å². The Hall–Kier alpha value is -2.66. The van der Waals surface area contributed by atoms with Crippen LogP contribution in [0.4, 0.5) is 5.82 Å². The Kier molecular flexibility index (Phi) is 6.62. The van der Waals surface area contributed by atoms with Gasteiger partial charge in [-0.3, -0.25) is 18.7 Å². The number of hydrogen-bond acceptors (Lipinski definition) is 9. The molecule has 4 rings (SSSR count). The average Bonchev–Trinajstić information content (AvgIpc) is 3.40. The van der Waals surface area contributed by atoms with Crippen LogP contribution in [0.5, 0.6) is 0 Å². The molecule has 3 aromatic rings. The molecule has 176 valence electrons. The second kappa shape index (κ2) is 9.30. The number of fused-ring (bicyclic) bond motifs is 1. The van der Waals surface area contributed by atoms with Gasteiger partial charge in [-0.15, -0.1) is 21.5 Å². The van der Waals surface area contributed by atoms with Crippen molar-refractivity contribution in [2.45, 2.75) is 51.8 Å². The summed E-state index contributed by atoms with van der Waals surface area (Å²) in [6.45, 7) is 6.41. The van der Waals surface area contributed by atoms with Gasteiger partial charge in [-0.25, -0.2) is 4.79 Å². The monoisotopic (exact) mass is 489 g/mol. The molecule has 1 aliphatic carbocycles. The summed E-state index contributed by atoms with van der Waals surface area (Å²) >= 11 is 2.72. The molecule has 1 atom stereocenters. The topological polar surface area (TPSA) is 126 Å². The van der Waals surface area contributed by atoms with E-state index in [1.807, 2.05) is 13.8 Å². The molecule has 0 amide bonds. The summed E-state index contributed by atoms with van der Waals surface area (Å²) in [5.41, 5.74) is 6.00. The largest absolute Gasteiger partial charge is 0.410 e. The fourth-order valence-electron chi connectivity index (χ4n) is 3.97. The van der Waals surface area contributed by atoms with E-state index in [1.54, 1.807) is 11.3 Å². The van der Waals surface area contributed by atoms with Gasteiger partial charge in [0.15, 0.2) is 5.78 Å². The maximum atomic E-state index is 12.9. The molecule has 0 unspecified atom stereocenters. The number of rotatable bonds is 7. The van der Waals surface area contributed by atoms with Gasteiger partial charge in [0.05, 0.1) is 10.6 Å². The fraction of sp³-hybridized carbons (Fsp3) is 0.500. The maximum Gasteiger partial charge on any atom is 0.332 e. The van der Waals surface area contributed by atoms with Gasteiger partial charge in [-0.05, 0) is 42.7 Å². The maximum absolute atomic E-state index is 12.9. The minimum Gasteiger partial charge on any atom is -0.410 e. The first-order valence-electron chi connectivity index (χ1n) is 10.9. The van der Waals surface area contributed by atoms with Crippen LogP contribution in [-0.4, -0.2) is 30.9 Å². The van der Waals surface area contributed by atoms with E-state index in [9.17, 15) is 14.4 Å². The van der Waals surface area contributed by atoms with Crippen molar-refractivity contribution >= 4 is 34.7 Å². The van der Waals surface area contributed by atoms with Gasteiger partial charge in [-0.1, -0.05) is 32.5 Å². The second-order valence-electron chi connectivity index (χ2n) is 8.90. The lowest BCUT2D eigenvalue weighted by molar-refractivity contribution is 0.102. The smallest absolute Gasteiger partial charge is 0.332 e. The van der Waals surface area contributed by atoms with E-state index in [0.29, 0.717) is 18.4 Å². The molecule has 0 spiro atoms. The Morgan fingerprint density at radius 3 is 2.85 bits per heavy atom. The van der Waals surface area contributed by atoms with Crippen molar-refractivity contribution in [1.82, 2.24) is 19.3 Å². The number of hydrogen-bond donors (Lipinski definition) is 1. The van der Waals surface area contributed by atoms with Crippen LogP contribution in [-0.2, 0) is 26.4 Å². The number of thioether (sulfide) groups is 1. The first-order valence-corrected chi connectivity index (χ1v) is 12.7. The number of nitrogens with zero attached hydrogens (tertiary/aromatic N) is 4. The first kappa shape index (κ1) is 23.5. The lowest BCUT2D eigenvalue weighted by Crippen LogP contribution is -2.43. The Morgan fingerprint density at radius 1 is 1.36 bits per heavy atom. The standard InChI is InChI=1S/C22H27N5O4S2/c1-11(2)9-27-18(23)17(20(29)26(4)22(27)30)14(28)10-32-21-25-24-19(31-21)16-8-13-7-12(3)5-6-15(13)33-16/h8,11-12H,5-7,9-10,23H2,1-4H3/t12-/m0/s1. The summed E-state index contributed by atoms with van der Waals surface area (Å²) in [7, 11) is 1.34. The van der Waals surface area contributed by atoms with E-state index >= 15 is 0 Å².